The summed E-state index contributed by atoms with van der Waals surface area (Å²) < 4.78 is 5.61. The summed E-state index contributed by atoms with van der Waals surface area (Å²) in [5.74, 6) is -0.671. The van der Waals surface area contributed by atoms with E-state index >= 15 is 0 Å². The molecule has 2 unspecified atom stereocenters. The third kappa shape index (κ3) is 3.80. The van der Waals surface area contributed by atoms with E-state index in [1.54, 1.807) is 20.0 Å². The molecule has 2 aromatic rings. The van der Waals surface area contributed by atoms with Crippen LogP contribution in [0.5, 0.6) is 0 Å². The Balaban J connectivity index is 1.42. The first-order valence-electron chi connectivity index (χ1n) is 9.69. The zero-order valence-electron chi connectivity index (χ0n) is 16.5. The first-order chi connectivity index (χ1) is 13.8. The van der Waals surface area contributed by atoms with E-state index < -0.39 is 17.5 Å². The van der Waals surface area contributed by atoms with E-state index in [4.69, 9.17) is 4.74 Å². The molecule has 0 bridgehead atoms. The number of nitrogens with zero attached hydrogens (tertiary/aromatic N) is 2. The summed E-state index contributed by atoms with van der Waals surface area (Å²) in [5, 5.41) is 6.61. The molecule has 2 aliphatic heterocycles. The molecule has 4 rings (SSSR count). The van der Waals surface area contributed by atoms with Gasteiger partial charge in [0.2, 0.25) is 5.91 Å². The smallest absolute Gasteiger partial charge is 0.325 e. The van der Waals surface area contributed by atoms with Gasteiger partial charge in [-0.3, -0.25) is 19.5 Å². The Bertz CT molecular complexity index is 969. The van der Waals surface area contributed by atoms with E-state index in [1.807, 2.05) is 30.3 Å². The predicted molar refractivity (Wildman–Crippen MR) is 106 cm³/mol. The van der Waals surface area contributed by atoms with Crippen molar-refractivity contribution in [2.24, 2.45) is 5.92 Å². The number of aromatic nitrogens is 1. The van der Waals surface area contributed by atoms with Crippen LogP contribution in [0.1, 0.15) is 19.4 Å². The molecule has 2 atom stereocenters. The summed E-state index contributed by atoms with van der Waals surface area (Å²) >= 11 is 0. The van der Waals surface area contributed by atoms with E-state index in [9.17, 15) is 14.4 Å². The fourth-order valence-electron chi connectivity index (χ4n) is 3.93. The van der Waals surface area contributed by atoms with Crippen molar-refractivity contribution in [2.45, 2.75) is 31.8 Å². The van der Waals surface area contributed by atoms with Crippen molar-refractivity contribution < 1.29 is 19.1 Å². The fourth-order valence-corrected chi connectivity index (χ4v) is 3.93. The van der Waals surface area contributed by atoms with Crippen LogP contribution in [-0.2, 0) is 20.7 Å². The Morgan fingerprint density at radius 1 is 1.28 bits per heavy atom. The molecule has 3 heterocycles. The molecule has 0 saturated carbocycles. The second-order valence-electron chi connectivity index (χ2n) is 8.11. The summed E-state index contributed by atoms with van der Waals surface area (Å²) in [5.41, 5.74) is 1.10. The van der Waals surface area contributed by atoms with Gasteiger partial charge in [-0.1, -0.05) is 18.2 Å². The van der Waals surface area contributed by atoms with Gasteiger partial charge in [0.15, 0.2) is 0 Å². The lowest BCUT2D eigenvalue weighted by atomic mass is 9.93. The van der Waals surface area contributed by atoms with Gasteiger partial charge in [-0.2, -0.15) is 0 Å². The highest BCUT2D eigenvalue weighted by atomic mass is 16.5. The molecule has 8 heteroatoms. The van der Waals surface area contributed by atoms with Crippen molar-refractivity contribution in [1.82, 2.24) is 20.5 Å². The molecule has 2 fully saturated rings. The molecule has 2 saturated heterocycles. The number of rotatable bonds is 5. The Morgan fingerprint density at radius 2 is 2.07 bits per heavy atom. The number of carbonyl (C=O) groups excluding carboxylic acids is 3. The summed E-state index contributed by atoms with van der Waals surface area (Å²) in [4.78, 5) is 42.1. The van der Waals surface area contributed by atoms with Crippen LogP contribution in [0.25, 0.3) is 10.9 Å². The summed E-state index contributed by atoms with van der Waals surface area (Å²) in [7, 11) is 0. The molecule has 1 aromatic heterocycles. The molecule has 0 spiro atoms. The lowest BCUT2D eigenvalue weighted by molar-refractivity contribution is -0.134. The van der Waals surface area contributed by atoms with Crippen LogP contribution in [0.2, 0.25) is 0 Å². The molecular weight excluding hydrogens is 372 g/mol. The average molecular weight is 396 g/mol. The van der Waals surface area contributed by atoms with Crippen molar-refractivity contribution >= 4 is 28.7 Å². The number of imide groups is 1. The Hall–Kier alpha value is -3.00. The van der Waals surface area contributed by atoms with Gasteiger partial charge in [-0.15, -0.1) is 0 Å². The number of para-hydroxylation sites is 1. The van der Waals surface area contributed by atoms with Gasteiger partial charge >= 0.3 is 6.03 Å². The number of amides is 4. The van der Waals surface area contributed by atoms with Crippen molar-refractivity contribution in [3.05, 3.63) is 42.1 Å². The fraction of sp³-hybridized carbons (Fsp3) is 0.429. The first-order valence-corrected chi connectivity index (χ1v) is 9.69. The second kappa shape index (κ2) is 7.44. The zero-order chi connectivity index (χ0) is 20.6. The Labute approximate surface area is 168 Å². The Kier molecular flexibility index (Phi) is 4.96. The molecule has 29 heavy (non-hydrogen) atoms. The Morgan fingerprint density at radius 3 is 2.83 bits per heavy atom. The summed E-state index contributed by atoms with van der Waals surface area (Å²) in [6, 6.07) is 9.23. The minimum absolute atomic E-state index is 0.101. The van der Waals surface area contributed by atoms with Gasteiger partial charge in [0, 0.05) is 17.5 Å². The number of nitrogens with one attached hydrogen (secondary N) is 2. The number of ether oxygens (including phenoxy) is 1. The van der Waals surface area contributed by atoms with Gasteiger partial charge < -0.3 is 15.4 Å². The van der Waals surface area contributed by atoms with Crippen LogP contribution in [0, 0.1) is 5.92 Å². The standard InChI is InChI=1S/C21H24N4O4/c1-21(2)19(27)25(20(28)24-21)10-18(26)23-17-12-29-11-14(17)9-13-7-8-22-16-6-4-3-5-15(13)16/h3-8,14,17H,9-12H2,1-2H3,(H,23,26)(H,24,28). The number of hydrogen-bond donors (Lipinski definition) is 2. The second-order valence-corrected chi connectivity index (χ2v) is 8.11. The number of hydrogen-bond acceptors (Lipinski definition) is 5. The number of benzene rings is 1. The number of fused-ring (bicyclic) bond motifs is 1. The van der Waals surface area contributed by atoms with E-state index in [1.165, 1.54) is 0 Å². The van der Waals surface area contributed by atoms with Crippen molar-refractivity contribution in [3.8, 4) is 0 Å². The van der Waals surface area contributed by atoms with E-state index in [2.05, 4.69) is 15.6 Å². The average Bonchev–Trinajstić information content (AvgIpc) is 3.19. The van der Waals surface area contributed by atoms with Crippen LogP contribution < -0.4 is 10.6 Å². The normalized spacial score (nSPS) is 23.4. The topological polar surface area (TPSA) is 101 Å². The van der Waals surface area contributed by atoms with E-state index in [0.29, 0.717) is 13.2 Å². The van der Waals surface area contributed by atoms with Gasteiger partial charge in [-0.25, -0.2) is 4.79 Å². The first kappa shape index (κ1) is 19.3. The van der Waals surface area contributed by atoms with Gasteiger partial charge in [0.05, 0.1) is 24.8 Å². The maximum atomic E-state index is 12.5. The van der Waals surface area contributed by atoms with Gasteiger partial charge in [0.25, 0.3) is 5.91 Å². The van der Waals surface area contributed by atoms with Gasteiger partial charge in [-0.05, 0) is 38.0 Å². The van der Waals surface area contributed by atoms with Crippen LogP contribution in [0.15, 0.2) is 36.5 Å². The largest absolute Gasteiger partial charge is 0.379 e. The third-order valence-corrected chi connectivity index (χ3v) is 5.51. The minimum Gasteiger partial charge on any atom is -0.379 e. The highest BCUT2D eigenvalue weighted by molar-refractivity contribution is 6.08. The van der Waals surface area contributed by atoms with Crippen molar-refractivity contribution in [3.63, 3.8) is 0 Å². The highest BCUT2D eigenvalue weighted by Crippen LogP contribution is 2.24. The molecule has 8 nitrogen and oxygen atoms in total. The lowest BCUT2D eigenvalue weighted by Gasteiger charge is -2.21. The molecule has 4 amide bonds. The molecule has 152 valence electrons. The van der Waals surface area contributed by atoms with Crippen LogP contribution >= 0.6 is 0 Å². The van der Waals surface area contributed by atoms with E-state index in [-0.39, 0.29) is 24.4 Å². The zero-order valence-corrected chi connectivity index (χ0v) is 16.5. The lowest BCUT2D eigenvalue weighted by Crippen LogP contribution is -2.47. The molecule has 1 aromatic carbocycles. The van der Waals surface area contributed by atoms with Crippen LogP contribution in [-0.4, -0.2) is 59.1 Å². The van der Waals surface area contributed by atoms with Crippen molar-refractivity contribution in [1.29, 1.82) is 0 Å². The highest BCUT2D eigenvalue weighted by Gasteiger charge is 2.45. The molecule has 2 N–H and O–H groups in total. The number of carbonyl (C=O) groups is 3. The number of pyridine rings is 1. The van der Waals surface area contributed by atoms with E-state index in [0.717, 1.165) is 27.8 Å². The SMILES string of the molecule is CC1(C)NC(=O)N(CC(=O)NC2COCC2Cc2ccnc3ccccc23)C1=O. The monoisotopic (exact) mass is 396 g/mol. The maximum Gasteiger partial charge on any atom is 0.325 e. The quantitative estimate of drug-likeness (QED) is 0.741. The van der Waals surface area contributed by atoms with Gasteiger partial charge in [0.1, 0.15) is 12.1 Å². The molecule has 0 radical (unpaired) electrons. The minimum atomic E-state index is -0.987. The van der Waals surface area contributed by atoms with Crippen molar-refractivity contribution in [2.75, 3.05) is 19.8 Å². The summed E-state index contributed by atoms with van der Waals surface area (Å²) in [6.07, 6.45) is 2.53. The predicted octanol–water partition coefficient (Wildman–Crippen LogP) is 1.24. The maximum absolute atomic E-state index is 12.5. The number of urea groups is 1. The molecular formula is C21H24N4O4. The van der Waals surface area contributed by atoms with Crippen LogP contribution in [0.3, 0.4) is 0 Å². The molecule has 2 aliphatic rings. The third-order valence-electron chi connectivity index (χ3n) is 5.51. The summed E-state index contributed by atoms with van der Waals surface area (Å²) in [6.45, 7) is 3.88. The van der Waals surface area contributed by atoms with Crippen LogP contribution in [0.4, 0.5) is 4.79 Å². The molecule has 0 aliphatic carbocycles.